The first-order valence-corrected chi connectivity index (χ1v) is 7.90. The summed E-state index contributed by atoms with van der Waals surface area (Å²) in [5.74, 6) is -0.327. The van der Waals surface area contributed by atoms with Gasteiger partial charge in [0.15, 0.2) is 12.3 Å². The molecule has 0 spiro atoms. The van der Waals surface area contributed by atoms with E-state index in [9.17, 15) is 9.59 Å². The van der Waals surface area contributed by atoms with Crippen molar-refractivity contribution in [3.05, 3.63) is 64.6 Å². The number of nitrogens with zero attached hydrogens (tertiary/aromatic N) is 3. The van der Waals surface area contributed by atoms with E-state index < -0.39 is 11.9 Å². The number of pyridine rings is 1. The van der Waals surface area contributed by atoms with Crippen molar-refractivity contribution in [3.8, 4) is 0 Å². The van der Waals surface area contributed by atoms with E-state index in [1.54, 1.807) is 47.9 Å². The van der Waals surface area contributed by atoms with Gasteiger partial charge in [0.05, 0.1) is 5.56 Å². The Morgan fingerprint density at radius 1 is 1.24 bits per heavy atom. The fourth-order valence-electron chi connectivity index (χ4n) is 2.24. The largest absolute Gasteiger partial charge is 0.452 e. The molecule has 0 saturated carbocycles. The summed E-state index contributed by atoms with van der Waals surface area (Å²) in [5, 5.41) is 11.1. The van der Waals surface area contributed by atoms with Crippen molar-refractivity contribution in [3.63, 3.8) is 0 Å². The minimum atomic E-state index is -0.590. The molecular formula is C17H15ClN4O3. The molecular weight excluding hydrogens is 344 g/mol. The molecule has 0 aliphatic rings. The van der Waals surface area contributed by atoms with E-state index in [1.165, 1.54) is 0 Å². The molecule has 1 amide bonds. The van der Waals surface area contributed by atoms with Crippen LogP contribution < -0.4 is 5.32 Å². The van der Waals surface area contributed by atoms with Crippen molar-refractivity contribution in [2.75, 3.05) is 6.61 Å². The van der Waals surface area contributed by atoms with E-state index in [0.29, 0.717) is 28.6 Å². The smallest absolute Gasteiger partial charge is 0.340 e. The van der Waals surface area contributed by atoms with Gasteiger partial charge in [-0.05, 0) is 36.8 Å². The second kappa shape index (κ2) is 7.31. The summed E-state index contributed by atoms with van der Waals surface area (Å²) in [5.41, 5.74) is 1.81. The number of benzene rings is 1. The number of hydrogen-bond donors (Lipinski definition) is 1. The second-order valence-electron chi connectivity index (χ2n) is 5.38. The van der Waals surface area contributed by atoms with Crippen LogP contribution in [0.25, 0.3) is 5.65 Å². The van der Waals surface area contributed by atoms with Crippen LogP contribution in [0.5, 0.6) is 0 Å². The Morgan fingerprint density at radius 2 is 2.08 bits per heavy atom. The zero-order valence-corrected chi connectivity index (χ0v) is 14.2. The van der Waals surface area contributed by atoms with Crippen molar-refractivity contribution < 1.29 is 14.3 Å². The lowest BCUT2D eigenvalue weighted by Crippen LogP contribution is -2.28. The molecule has 0 aliphatic carbocycles. The van der Waals surface area contributed by atoms with Gasteiger partial charge in [-0.1, -0.05) is 23.7 Å². The highest BCUT2D eigenvalue weighted by molar-refractivity contribution is 6.30. The number of esters is 1. The summed E-state index contributed by atoms with van der Waals surface area (Å²) in [6, 6.07) is 10.4. The van der Waals surface area contributed by atoms with Crippen molar-refractivity contribution in [2.24, 2.45) is 0 Å². The highest BCUT2D eigenvalue weighted by Crippen LogP contribution is 2.10. The molecule has 1 aromatic carbocycles. The molecule has 3 rings (SSSR count). The zero-order valence-electron chi connectivity index (χ0n) is 13.4. The normalized spacial score (nSPS) is 10.6. The van der Waals surface area contributed by atoms with Gasteiger partial charge in [0.2, 0.25) is 0 Å². The van der Waals surface area contributed by atoms with E-state index in [1.807, 2.05) is 6.07 Å². The summed E-state index contributed by atoms with van der Waals surface area (Å²) in [7, 11) is 0. The molecule has 0 bridgehead atoms. The number of fused-ring (bicyclic) bond motifs is 1. The summed E-state index contributed by atoms with van der Waals surface area (Å²) in [6.07, 6.45) is 1.58. The predicted molar refractivity (Wildman–Crippen MR) is 91.3 cm³/mol. The van der Waals surface area contributed by atoms with E-state index >= 15 is 0 Å². The van der Waals surface area contributed by atoms with Gasteiger partial charge in [-0.15, -0.1) is 10.2 Å². The predicted octanol–water partition coefficient (Wildman–Crippen LogP) is 2.16. The number of rotatable bonds is 5. The van der Waals surface area contributed by atoms with Crippen molar-refractivity contribution in [1.29, 1.82) is 0 Å². The minimum Gasteiger partial charge on any atom is -0.452 e. The summed E-state index contributed by atoms with van der Waals surface area (Å²) >= 11 is 5.88. The Morgan fingerprint density at radius 3 is 2.88 bits per heavy atom. The van der Waals surface area contributed by atoms with Gasteiger partial charge in [-0.2, -0.15) is 0 Å². The van der Waals surface area contributed by atoms with Crippen molar-refractivity contribution in [2.45, 2.75) is 13.5 Å². The van der Waals surface area contributed by atoms with Crippen LogP contribution in [0.1, 0.15) is 21.7 Å². The maximum absolute atomic E-state index is 12.1. The Kier molecular flexibility index (Phi) is 4.95. The topological polar surface area (TPSA) is 85.6 Å². The molecule has 0 fully saturated rings. The summed E-state index contributed by atoms with van der Waals surface area (Å²) in [4.78, 5) is 23.9. The number of hydrogen-bond acceptors (Lipinski definition) is 5. The number of aryl methyl sites for hydroxylation is 1. The molecule has 128 valence electrons. The number of amides is 1. The number of carbonyl (C=O) groups is 2. The SMILES string of the molecule is Cc1nnc2ccc(C(=O)OCC(=O)NCc3cccc(Cl)c3)cn12. The maximum Gasteiger partial charge on any atom is 0.340 e. The average molecular weight is 359 g/mol. The zero-order chi connectivity index (χ0) is 17.8. The van der Waals surface area contributed by atoms with Crippen LogP contribution in [-0.2, 0) is 16.1 Å². The average Bonchev–Trinajstić information content (AvgIpc) is 2.98. The van der Waals surface area contributed by atoms with Crippen molar-refractivity contribution >= 4 is 29.1 Å². The van der Waals surface area contributed by atoms with Gasteiger partial charge in [0.1, 0.15) is 5.82 Å². The quantitative estimate of drug-likeness (QED) is 0.706. The van der Waals surface area contributed by atoms with Gasteiger partial charge < -0.3 is 10.1 Å². The van der Waals surface area contributed by atoms with E-state index in [0.717, 1.165) is 5.56 Å². The Hall–Kier alpha value is -2.93. The first-order valence-electron chi connectivity index (χ1n) is 7.52. The fourth-order valence-corrected chi connectivity index (χ4v) is 2.45. The Balaban J connectivity index is 1.54. The molecule has 0 unspecified atom stereocenters. The maximum atomic E-state index is 12.1. The number of nitrogens with one attached hydrogen (secondary N) is 1. The molecule has 3 aromatic rings. The van der Waals surface area contributed by atoms with Gasteiger partial charge in [-0.25, -0.2) is 4.79 Å². The summed E-state index contributed by atoms with van der Waals surface area (Å²) in [6.45, 7) is 1.72. The first-order chi connectivity index (χ1) is 12.0. The monoisotopic (exact) mass is 358 g/mol. The van der Waals surface area contributed by atoms with Gasteiger partial charge >= 0.3 is 5.97 Å². The molecule has 0 atom stereocenters. The van der Waals surface area contributed by atoms with Crippen LogP contribution in [0.3, 0.4) is 0 Å². The third-order valence-corrected chi connectivity index (χ3v) is 3.76. The van der Waals surface area contributed by atoms with Gasteiger partial charge in [0.25, 0.3) is 5.91 Å². The fraction of sp³-hybridized carbons (Fsp3) is 0.176. The number of halogens is 1. The summed E-state index contributed by atoms with van der Waals surface area (Å²) < 4.78 is 6.71. The van der Waals surface area contributed by atoms with Crippen LogP contribution in [-0.4, -0.2) is 33.1 Å². The molecule has 2 heterocycles. The van der Waals surface area contributed by atoms with E-state index in [4.69, 9.17) is 16.3 Å². The van der Waals surface area contributed by atoms with Crippen LogP contribution in [0.2, 0.25) is 5.02 Å². The lowest BCUT2D eigenvalue weighted by atomic mass is 10.2. The second-order valence-corrected chi connectivity index (χ2v) is 5.81. The highest BCUT2D eigenvalue weighted by Gasteiger charge is 2.12. The standard InChI is InChI=1S/C17H15ClN4O3/c1-11-20-21-15-6-5-13(9-22(11)15)17(24)25-10-16(23)19-8-12-3-2-4-14(18)7-12/h2-7,9H,8,10H2,1H3,(H,19,23). The molecule has 7 nitrogen and oxygen atoms in total. The van der Waals surface area contributed by atoms with Gasteiger partial charge in [0, 0.05) is 17.8 Å². The van der Waals surface area contributed by atoms with E-state index in [2.05, 4.69) is 15.5 Å². The molecule has 8 heteroatoms. The third kappa shape index (κ3) is 4.13. The number of aromatic nitrogens is 3. The molecule has 2 aromatic heterocycles. The number of ether oxygens (including phenoxy) is 1. The van der Waals surface area contributed by atoms with Crippen LogP contribution >= 0.6 is 11.6 Å². The van der Waals surface area contributed by atoms with Crippen molar-refractivity contribution in [1.82, 2.24) is 19.9 Å². The van der Waals surface area contributed by atoms with Crippen LogP contribution in [0.15, 0.2) is 42.6 Å². The lowest BCUT2D eigenvalue weighted by molar-refractivity contribution is -0.124. The lowest BCUT2D eigenvalue weighted by Gasteiger charge is -2.07. The Bertz CT molecular complexity index is 939. The first kappa shape index (κ1) is 16.9. The number of carbonyl (C=O) groups excluding carboxylic acids is 2. The molecule has 0 aliphatic heterocycles. The van der Waals surface area contributed by atoms with Crippen LogP contribution in [0, 0.1) is 6.92 Å². The van der Waals surface area contributed by atoms with Crippen LogP contribution in [0.4, 0.5) is 0 Å². The molecule has 0 radical (unpaired) electrons. The third-order valence-electron chi connectivity index (χ3n) is 3.52. The van der Waals surface area contributed by atoms with E-state index in [-0.39, 0.29) is 6.61 Å². The highest BCUT2D eigenvalue weighted by atomic mass is 35.5. The van der Waals surface area contributed by atoms with Gasteiger partial charge in [-0.3, -0.25) is 9.20 Å². The molecule has 0 saturated heterocycles. The Labute approximate surface area is 148 Å². The molecule has 1 N–H and O–H groups in total. The molecule has 25 heavy (non-hydrogen) atoms. The minimum absolute atomic E-state index is 0.308.